The molecule has 0 aliphatic heterocycles. The Bertz CT molecular complexity index is 709. The molecule has 24 heavy (non-hydrogen) atoms. The lowest BCUT2D eigenvalue weighted by atomic mass is 9.93. The van der Waals surface area contributed by atoms with Crippen LogP contribution in [-0.2, 0) is 0 Å². The van der Waals surface area contributed by atoms with Crippen LogP contribution in [0.4, 0.5) is 16.2 Å². The molecule has 0 spiro atoms. The van der Waals surface area contributed by atoms with E-state index in [0.29, 0.717) is 17.1 Å². The molecule has 2 rings (SSSR count). The number of rotatable bonds is 4. The Morgan fingerprint density at radius 2 is 1.54 bits per heavy atom. The van der Waals surface area contributed by atoms with Gasteiger partial charge in [0.1, 0.15) is 5.75 Å². The van der Waals surface area contributed by atoms with Crippen molar-refractivity contribution in [2.24, 2.45) is 10.2 Å². The van der Waals surface area contributed by atoms with Gasteiger partial charge in [-0.15, -0.1) is 5.11 Å². The van der Waals surface area contributed by atoms with Crippen LogP contribution in [0.2, 0.25) is 0 Å². The highest BCUT2D eigenvalue weighted by molar-refractivity contribution is 5.89. The summed E-state index contributed by atoms with van der Waals surface area (Å²) < 4.78 is 0. The molecule has 5 heteroatoms. The fraction of sp³-hybridized carbons (Fsp3) is 0.316. The Hall–Kier alpha value is -2.69. The number of amides is 2. The van der Waals surface area contributed by atoms with Crippen molar-refractivity contribution < 1.29 is 9.90 Å². The Morgan fingerprint density at radius 3 is 2.04 bits per heavy atom. The summed E-state index contributed by atoms with van der Waals surface area (Å²) in [5.74, 6) is 0.597. The van der Waals surface area contributed by atoms with Crippen LogP contribution >= 0.6 is 0 Å². The second-order valence-electron chi connectivity index (χ2n) is 6.28. The number of nitrogens with zero attached hydrogens (tertiary/aromatic N) is 2. The van der Waals surface area contributed by atoms with Gasteiger partial charge in [0, 0.05) is 5.69 Å². The molecule has 2 amide bonds. The summed E-state index contributed by atoms with van der Waals surface area (Å²) in [6.07, 6.45) is 0. The first kappa shape index (κ1) is 17.7. The van der Waals surface area contributed by atoms with E-state index in [1.54, 1.807) is 24.3 Å². The minimum Gasteiger partial charge on any atom is -0.507 e. The molecule has 2 aromatic carbocycles. The Balaban J connectivity index is 2.23. The van der Waals surface area contributed by atoms with Gasteiger partial charge in [-0.25, -0.2) is 4.79 Å². The van der Waals surface area contributed by atoms with E-state index < -0.39 is 6.03 Å². The molecule has 0 aliphatic carbocycles. The fourth-order valence-corrected chi connectivity index (χ4v) is 2.37. The summed E-state index contributed by atoms with van der Waals surface area (Å²) >= 11 is 0. The molecular formula is C19H23N3O2. The molecule has 0 unspecified atom stereocenters. The smallest absolute Gasteiger partial charge is 0.364 e. The SMILES string of the molecule is CC(C)c1cc(N=NC(=O)Nc2ccccc2)cc(C(C)C)c1O. The Kier molecular flexibility index (Phi) is 5.68. The lowest BCUT2D eigenvalue weighted by Gasteiger charge is -2.15. The molecule has 0 heterocycles. The molecule has 0 radical (unpaired) electrons. The number of benzene rings is 2. The molecule has 2 N–H and O–H groups in total. The molecule has 2 aromatic rings. The molecule has 0 atom stereocenters. The minimum atomic E-state index is -0.536. The van der Waals surface area contributed by atoms with Gasteiger partial charge in [-0.2, -0.15) is 0 Å². The van der Waals surface area contributed by atoms with Crippen molar-refractivity contribution in [1.29, 1.82) is 0 Å². The van der Waals surface area contributed by atoms with Gasteiger partial charge in [0.05, 0.1) is 5.69 Å². The quantitative estimate of drug-likeness (QED) is 0.681. The number of aromatic hydroxyl groups is 1. The van der Waals surface area contributed by atoms with Gasteiger partial charge in [0.25, 0.3) is 0 Å². The first-order valence-corrected chi connectivity index (χ1v) is 8.03. The average Bonchev–Trinajstić information content (AvgIpc) is 2.54. The third-order valence-electron chi connectivity index (χ3n) is 3.68. The van der Waals surface area contributed by atoms with Crippen molar-refractivity contribution in [2.45, 2.75) is 39.5 Å². The van der Waals surface area contributed by atoms with E-state index in [0.717, 1.165) is 11.1 Å². The lowest BCUT2D eigenvalue weighted by molar-refractivity contribution is 0.258. The highest BCUT2D eigenvalue weighted by atomic mass is 16.3. The number of nitrogens with one attached hydrogen (secondary N) is 1. The standard InChI is InChI=1S/C19H23N3O2/c1-12(2)16-10-15(11-17(13(3)4)18(16)23)21-22-19(24)20-14-8-6-5-7-9-14/h5-13,23H,1-4H3,(H,20,24). The number of hydrogen-bond donors (Lipinski definition) is 2. The van der Waals surface area contributed by atoms with Gasteiger partial charge in [-0.1, -0.05) is 51.0 Å². The van der Waals surface area contributed by atoms with E-state index in [1.165, 1.54) is 0 Å². The summed E-state index contributed by atoms with van der Waals surface area (Å²) in [5.41, 5.74) is 2.83. The topological polar surface area (TPSA) is 74.0 Å². The second-order valence-corrected chi connectivity index (χ2v) is 6.28. The average molecular weight is 325 g/mol. The van der Waals surface area contributed by atoms with Gasteiger partial charge in [-0.3, -0.25) is 0 Å². The maximum atomic E-state index is 11.9. The number of phenols is 1. The van der Waals surface area contributed by atoms with Gasteiger partial charge in [-0.05, 0) is 47.2 Å². The third kappa shape index (κ3) is 4.41. The maximum absolute atomic E-state index is 11.9. The van der Waals surface area contributed by atoms with Crippen molar-refractivity contribution in [3.05, 3.63) is 53.6 Å². The fourth-order valence-electron chi connectivity index (χ4n) is 2.37. The highest BCUT2D eigenvalue weighted by Gasteiger charge is 2.15. The molecule has 0 bridgehead atoms. The van der Waals surface area contributed by atoms with Crippen LogP contribution in [0.15, 0.2) is 52.7 Å². The largest absolute Gasteiger partial charge is 0.507 e. The first-order chi connectivity index (χ1) is 11.4. The van der Waals surface area contributed by atoms with Crippen LogP contribution < -0.4 is 5.32 Å². The zero-order valence-corrected chi connectivity index (χ0v) is 14.4. The minimum absolute atomic E-state index is 0.149. The van der Waals surface area contributed by atoms with Crippen LogP contribution in [0.1, 0.15) is 50.7 Å². The molecule has 126 valence electrons. The normalized spacial score (nSPS) is 11.4. The number of hydrogen-bond acceptors (Lipinski definition) is 3. The van der Waals surface area contributed by atoms with Gasteiger partial charge in [0.2, 0.25) is 0 Å². The Labute approximate surface area is 142 Å². The van der Waals surface area contributed by atoms with Gasteiger partial charge >= 0.3 is 6.03 Å². The second kappa shape index (κ2) is 7.73. The summed E-state index contributed by atoms with van der Waals surface area (Å²) in [6, 6.07) is 12.1. The first-order valence-electron chi connectivity index (χ1n) is 8.03. The molecule has 0 aromatic heterocycles. The molecule has 0 saturated carbocycles. The molecule has 0 saturated heterocycles. The maximum Gasteiger partial charge on any atom is 0.364 e. The van der Waals surface area contributed by atoms with Crippen LogP contribution in [-0.4, -0.2) is 11.1 Å². The number of anilines is 1. The summed E-state index contributed by atoms with van der Waals surface area (Å²) in [4.78, 5) is 11.9. The Morgan fingerprint density at radius 1 is 1.00 bits per heavy atom. The summed E-state index contributed by atoms with van der Waals surface area (Å²) in [6.45, 7) is 8.01. The zero-order chi connectivity index (χ0) is 17.7. The van der Waals surface area contributed by atoms with Crippen molar-refractivity contribution >= 4 is 17.4 Å². The lowest BCUT2D eigenvalue weighted by Crippen LogP contribution is -2.04. The summed E-state index contributed by atoms with van der Waals surface area (Å²) in [7, 11) is 0. The molecule has 0 aliphatic rings. The third-order valence-corrected chi connectivity index (χ3v) is 3.68. The number of azo groups is 1. The van der Waals surface area contributed by atoms with E-state index in [-0.39, 0.29) is 11.8 Å². The van der Waals surface area contributed by atoms with Crippen LogP contribution in [0.5, 0.6) is 5.75 Å². The highest BCUT2D eigenvalue weighted by Crippen LogP contribution is 2.37. The number of carbonyl (C=O) groups excluding carboxylic acids is 1. The molecule has 0 fully saturated rings. The van der Waals surface area contributed by atoms with Crippen LogP contribution in [0, 0.1) is 0 Å². The monoisotopic (exact) mass is 325 g/mol. The predicted octanol–water partition coefficient (Wildman–Crippen LogP) is 5.95. The van der Waals surface area contributed by atoms with Crippen LogP contribution in [0.25, 0.3) is 0 Å². The molecular weight excluding hydrogens is 302 g/mol. The molecule has 5 nitrogen and oxygen atoms in total. The predicted molar refractivity (Wildman–Crippen MR) is 96.3 cm³/mol. The van der Waals surface area contributed by atoms with E-state index in [4.69, 9.17) is 0 Å². The van der Waals surface area contributed by atoms with Crippen molar-refractivity contribution in [3.8, 4) is 5.75 Å². The summed E-state index contributed by atoms with van der Waals surface area (Å²) in [5, 5.41) is 20.8. The van der Waals surface area contributed by atoms with E-state index in [2.05, 4.69) is 15.5 Å². The van der Waals surface area contributed by atoms with Gasteiger partial charge < -0.3 is 10.4 Å². The zero-order valence-electron chi connectivity index (χ0n) is 14.4. The van der Waals surface area contributed by atoms with Crippen molar-refractivity contribution in [1.82, 2.24) is 0 Å². The van der Waals surface area contributed by atoms with Crippen molar-refractivity contribution in [3.63, 3.8) is 0 Å². The van der Waals surface area contributed by atoms with Crippen molar-refractivity contribution in [2.75, 3.05) is 5.32 Å². The van der Waals surface area contributed by atoms with E-state index in [9.17, 15) is 9.90 Å². The number of para-hydroxylation sites is 1. The number of urea groups is 1. The van der Waals surface area contributed by atoms with E-state index >= 15 is 0 Å². The van der Waals surface area contributed by atoms with Crippen LogP contribution in [0.3, 0.4) is 0 Å². The van der Waals surface area contributed by atoms with E-state index in [1.807, 2.05) is 45.9 Å². The van der Waals surface area contributed by atoms with Gasteiger partial charge in [0.15, 0.2) is 0 Å². The number of carbonyl (C=O) groups is 1. The number of phenolic OH excluding ortho intramolecular Hbond substituents is 1.